The Morgan fingerprint density at radius 3 is 1.92 bits per heavy atom. The minimum absolute atomic E-state index is 0.169. The first-order valence-corrected chi connectivity index (χ1v) is 12.3. The van der Waals surface area contributed by atoms with Gasteiger partial charge in [-0.1, -0.05) is 11.8 Å². The molecule has 9 nitrogen and oxygen atoms in total. The van der Waals surface area contributed by atoms with Crippen molar-refractivity contribution in [1.29, 1.82) is 0 Å². The highest BCUT2D eigenvalue weighted by Gasteiger charge is 2.15. The Labute approximate surface area is 218 Å². The molecule has 1 aromatic heterocycles. The van der Waals surface area contributed by atoms with Crippen LogP contribution in [0.4, 0.5) is 5.69 Å². The highest BCUT2D eigenvalue weighted by molar-refractivity contribution is 7.99. The molecule has 0 saturated heterocycles. The first kappa shape index (κ1) is 25.6. The highest BCUT2D eigenvalue weighted by Crippen LogP contribution is 2.32. The van der Waals surface area contributed by atoms with E-state index < -0.39 is 5.91 Å². The molecule has 4 aromatic rings. The molecule has 0 unspecified atom stereocenters. The molecule has 0 spiro atoms. The van der Waals surface area contributed by atoms with Gasteiger partial charge in [0.1, 0.15) is 22.9 Å². The summed E-state index contributed by atoms with van der Waals surface area (Å²) in [5.41, 5.74) is 9.23. The van der Waals surface area contributed by atoms with Crippen LogP contribution in [0.3, 0.4) is 0 Å². The van der Waals surface area contributed by atoms with Gasteiger partial charge in [-0.2, -0.15) is 0 Å². The molecule has 188 valence electrons. The molecular formula is C27H25N5O4S. The summed E-state index contributed by atoms with van der Waals surface area (Å²) in [5.74, 6) is 1.25. The first-order valence-electron chi connectivity index (χ1n) is 11.3. The number of anilines is 1. The number of hydrogen-bond donors (Lipinski definition) is 2. The Balaban J connectivity index is 1.48. The fraction of sp³-hybridized carbons (Fsp3) is 0.148. The number of benzene rings is 3. The van der Waals surface area contributed by atoms with Gasteiger partial charge in [0.15, 0.2) is 0 Å². The molecule has 37 heavy (non-hydrogen) atoms. The van der Waals surface area contributed by atoms with Crippen molar-refractivity contribution in [3.8, 4) is 34.0 Å². The van der Waals surface area contributed by atoms with Gasteiger partial charge in [0.05, 0.1) is 14.2 Å². The summed E-state index contributed by atoms with van der Waals surface area (Å²) in [6.45, 7) is 0. The Morgan fingerprint density at radius 1 is 0.811 bits per heavy atom. The van der Waals surface area contributed by atoms with Crippen molar-refractivity contribution >= 4 is 29.3 Å². The predicted octanol–water partition coefficient (Wildman–Crippen LogP) is 4.44. The van der Waals surface area contributed by atoms with Crippen LogP contribution in [-0.4, -0.2) is 47.0 Å². The van der Waals surface area contributed by atoms with E-state index in [4.69, 9.17) is 20.2 Å². The van der Waals surface area contributed by atoms with Crippen molar-refractivity contribution in [2.45, 2.75) is 11.6 Å². The van der Waals surface area contributed by atoms with Crippen molar-refractivity contribution in [3.63, 3.8) is 0 Å². The smallest absolute Gasteiger partial charge is 0.248 e. The number of ether oxygens (including phenoxy) is 2. The van der Waals surface area contributed by atoms with E-state index >= 15 is 0 Å². The molecule has 3 N–H and O–H groups in total. The molecule has 0 bridgehead atoms. The summed E-state index contributed by atoms with van der Waals surface area (Å²) in [7, 11) is 3.23. The van der Waals surface area contributed by atoms with E-state index in [0.717, 1.165) is 22.6 Å². The number of rotatable bonds is 10. The molecule has 0 aliphatic carbocycles. The predicted molar refractivity (Wildman–Crippen MR) is 143 cm³/mol. The average molecular weight is 516 g/mol. The van der Waals surface area contributed by atoms with Gasteiger partial charge in [0, 0.05) is 34.6 Å². The number of amides is 2. The number of primary amides is 1. The molecule has 0 saturated carbocycles. The summed E-state index contributed by atoms with van der Waals surface area (Å²) in [6, 6.07) is 21.5. The van der Waals surface area contributed by atoms with Gasteiger partial charge in [0.2, 0.25) is 17.0 Å². The quantitative estimate of drug-likeness (QED) is 0.297. The van der Waals surface area contributed by atoms with Crippen molar-refractivity contribution < 1.29 is 19.1 Å². The lowest BCUT2D eigenvalue weighted by atomic mass is 10.0. The fourth-order valence-electron chi connectivity index (χ4n) is 3.44. The van der Waals surface area contributed by atoms with Crippen molar-refractivity contribution in [2.24, 2.45) is 5.73 Å². The van der Waals surface area contributed by atoms with E-state index in [0.29, 0.717) is 33.5 Å². The largest absolute Gasteiger partial charge is 0.497 e. The van der Waals surface area contributed by atoms with Gasteiger partial charge in [0.25, 0.3) is 0 Å². The molecule has 0 aliphatic heterocycles. The molecule has 0 aliphatic rings. The monoisotopic (exact) mass is 515 g/mol. The molecule has 2 amide bonds. The van der Waals surface area contributed by atoms with Gasteiger partial charge < -0.3 is 20.5 Å². The van der Waals surface area contributed by atoms with Crippen molar-refractivity contribution in [3.05, 3.63) is 78.4 Å². The molecule has 4 rings (SSSR count). The number of thioether (sulfide) groups is 1. The maximum absolute atomic E-state index is 12.4. The van der Waals surface area contributed by atoms with Crippen molar-refractivity contribution in [1.82, 2.24) is 15.2 Å². The number of nitrogens with one attached hydrogen (secondary N) is 1. The van der Waals surface area contributed by atoms with E-state index in [1.807, 2.05) is 48.5 Å². The Hall–Kier alpha value is -4.44. The summed E-state index contributed by atoms with van der Waals surface area (Å²) in [4.78, 5) is 28.3. The van der Waals surface area contributed by atoms with E-state index in [-0.39, 0.29) is 12.3 Å². The third-order valence-corrected chi connectivity index (χ3v) is 6.25. The van der Waals surface area contributed by atoms with Crippen LogP contribution in [-0.2, 0) is 4.79 Å². The minimum atomic E-state index is -0.519. The maximum Gasteiger partial charge on any atom is 0.248 e. The number of nitrogens with zero attached hydrogens (tertiary/aromatic N) is 3. The number of hydrogen-bond acceptors (Lipinski definition) is 8. The summed E-state index contributed by atoms with van der Waals surface area (Å²) < 4.78 is 10.5. The second-order valence-electron chi connectivity index (χ2n) is 7.84. The molecule has 10 heteroatoms. The van der Waals surface area contributed by atoms with E-state index in [9.17, 15) is 9.59 Å². The number of aromatic nitrogens is 3. The lowest BCUT2D eigenvalue weighted by Gasteiger charge is -2.11. The maximum atomic E-state index is 12.4. The van der Waals surface area contributed by atoms with Crippen LogP contribution >= 0.6 is 11.8 Å². The summed E-state index contributed by atoms with van der Waals surface area (Å²) in [5, 5.41) is 12.0. The third kappa shape index (κ3) is 6.62. The van der Waals surface area contributed by atoms with Crippen LogP contribution in [0.15, 0.2) is 78.0 Å². The minimum Gasteiger partial charge on any atom is -0.497 e. The summed E-state index contributed by atoms with van der Waals surface area (Å²) >= 11 is 1.34. The van der Waals surface area contributed by atoms with Gasteiger partial charge in [-0.25, -0.2) is 4.98 Å². The van der Waals surface area contributed by atoms with Crippen molar-refractivity contribution in [2.75, 3.05) is 25.3 Å². The lowest BCUT2D eigenvalue weighted by molar-refractivity contribution is -0.115. The van der Waals surface area contributed by atoms with Crippen LogP contribution in [0.2, 0.25) is 0 Å². The zero-order chi connectivity index (χ0) is 26.2. The number of nitrogens with two attached hydrogens (primary N) is 1. The number of carbonyl (C=O) groups excluding carboxylic acids is 2. The lowest BCUT2D eigenvalue weighted by Crippen LogP contribution is -2.13. The molecule has 0 radical (unpaired) electrons. The van der Waals surface area contributed by atoms with Crippen LogP contribution in [0, 0.1) is 0 Å². The third-order valence-electron chi connectivity index (χ3n) is 5.41. The molecule has 0 fully saturated rings. The fourth-order valence-corrected chi connectivity index (χ4v) is 4.17. The topological polar surface area (TPSA) is 129 Å². The van der Waals surface area contributed by atoms with Crippen LogP contribution in [0.5, 0.6) is 11.5 Å². The standard InChI is InChI=1S/C27H25N5O4S/c1-35-21-11-5-17(6-12-21)24-25(18-7-13-22(36-2)14-8-18)31-32-27(30-24)37-16-15-23(33)29-20-9-3-19(4-10-20)26(28)34/h3-14H,15-16H2,1-2H3,(H2,28,34)(H,29,33). The SMILES string of the molecule is COc1ccc(-c2nnc(SCCC(=O)Nc3ccc(C(N)=O)cc3)nc2-c2ccc(OC)cc2)cc1. The zero-order valence-electron chi connectivity index (χ0n) is 20.3. The second-order valence-corrected chi connectivity index (χ2v) is 8.90. The number of methoxy groups -OCH3 is 2. The van der Waals surface area contributed by atoms with Crippen LogP contribution < -0.4 is 20.5 Å². The van der Waals surface area contributed by atoms with Gasteiger partial charge in [-0.05, 0) is 72.8 Å². The normalized spacial score (nSPS) is 10.5. The van der Waals surface area contributed by atoms with E-state index in [1.165, 1.54) is 11.8 Å². The average Bonchev–Trinajstić information content (AvgIpc) is 2.93. The Bertz CT molecular complexity index is 1380. The van der Waals surface area contributed by atoms with E-state index in [1.54, 1.807) is 38.5 Å². The van der Waals surface area contributed by atoms with Gasteiger partial charge >= 0.3 is 0 Å². The number of carbonyl (C=O) groups is 2. The highest BCUT2D eigenvalue weighted by atomic mass is 32.2. The zero-order valence-corrected chi connectivity index (χ0v) is 21.1. The molecule has 1 heterocycles. The van der Waals surface area contributed by atoms with Gasteiger partial charge in [-0.3, -0.25) is 9.59 Å². The molecular weight excluding hydrogens is 490 g/mol. The van der Waals surface area contributed by atoms with Crippen LogP contribution in [0.25, 0.3) is 22.5 Å². The Kier molecular flexibility index (Phi) is 8.32. The molecule has 0 atom stereocenters. The van der Waals surface area contributed by atoms with E-state index in [2.05, 4.69) is 15.5 Å². The van der Waals surface area contributed by atoms with Crippen LogP contribution in [0.1, 0.15) is 16.8 Å². The first-order chi connectivity index (χ1) is 18.0. The Morgan fingerprint density at radius 2 is 1.38 bits per heavy atom. The summed E-state index contributed by atoms with van der Waals surface area (Å²) in [6.07, 6.45) is 0.240. The van der Waals surface area contributed by atoms with Gasteiger partial charge in [-0.15, -0.1) is 10.2 Å². The molecule has 3 aromatic carbocycles. The second kappa shape index (κ2) is 12.0.